The molecule has 1 aromatic heterocycles. The Morgan fingerprint density at radius 3 is 2.61 bits per heavy atom. The summed E-state index contributed by atoms with van der Waals surface area (Å²) in [6.45, 7) is 6.88. The smallest absolute Gasteiger partial charge is 0.179 e. The molecule has 2 atom stereocenters. The number of halogens is 1. The van der Waals surface area contributed by atoms with Crippen molar-refractivity contribution in [3.63, 3.8) is 0 Å². The molecule has 0 amide bonds. The van der Waals surface area contributed by atoms with E-state index in [2.05, 4.69) is 29.4 Å². The van der Waals surface area contributed by atoms with Gasteiger partial charge in [-0.1, -0.05) is 30.7 Å². The monoisotopic (exact) mass is 433 g/mol. The Kier molecular flexibility index (Phi) is 6.18. The van der Waals surface area contributed by atoms with Crippen molar-refractivity contribution in [3.05, 3.63) is 64.3 Å². The van der Waals surface area contributed by atoms with E-state index < -0.39 is 0 Å². The maximum atomic E-state index is 13.6. The van der Waals surface area contributed by atoms with Crippen LogP contribution in [0.2, 0.25) is 5.02 Å². The van der Waals surface area contributed by atoms with Gasteiger partial charge in [0.05, 0.1) is 24.6 Å². The molecule has 2 aromatic carbocycles. The summed E-state index contributed by atoms with van der Waals surface area (Å²) in [7, 11) is 0. The number of aromatic nitrogens is 1. The summed E-state index contributed by atoms with van der Waals surface area (Å²) in [5.74, 6) is 0.162. The Balaban J connectivity index is 1.83. The molecule has 2 unspecified atom stereocenters. The van der Waals surface area contributed by atoms with Gasteiger partial charge in [-0.05, 0) is 69.0 Å². The standard InChI is InChI=1S/C26H28ClN3O/c1-4-21-9-5-17(2)29(21)16-25(31)26-18(3)30(22-10-7-20(27)8-11-22)24-15-19(13-14-28)6-12-23(24)26/h6-8,10-12,15,17,21H,4-5,9,13,16H2,1-3H3. The fraction of sp³-hybridized carbons (Fsp3) is 0.385. The summed E-state index contributed by atoms with van der Waals surface area (Å²) in [4.78, 5) is 16.0. The van der Waals surface area contributed by atoms with Crippen molar-refractivity contribution < 1.29 is 4.79 Å². The molecule has 5 heteroatoms. The highest BCUT2D eigenvalue weighted by Gasteiger charge is 2.32. The minimum Gasteiger partial charge on any atom is -0.313 e. The first kappa shape index (κ1) is 21.6. The van der Waals surface area contributed by atoms with E-state index in [9.17, 15) is 4.79 Å². The summed E-state index contributed by atoms with van der Waals surface area (Å²) in [6, 6.07) is 16.8. The number of hydrogen-bond acceptors (Lipinski definition) is 3. The van der Waals surface area contributed by atoms with Gasteiger partial charge in [0, 0.05) is 39.4 Å². The van der Waals surface area contributed by atoms with Crippen molar-refractivity contribution in [1.82, 2.24) is 9.47 Å². The molecule has 0 saturated carbocycles. The lowest BCUT2D eigenvalue weighted by Gasteiger charge is -2.26. The lowest BCUT2D eigenvalue weighted by Crippen LogP contribution is -2.38. The summed E-state index contributed by atoms with van der Waals surface area (Å²) < 4.78 is 2.12. The lowest BCUT2D eigenvalue weighted by molar-refractivity contribution is 0.0890. The summed E-state index contributed by atoms with van der Waals surface area (Å²) in [6.07, 6.45) is 3.72. The van der Waals surface area contributed by atoms with Crippen LogP contribution in [-0.2, 0) is 6.42 Å². The molecule has 1 fully saturated rings. The van der Waals surface area contributed by atoms with Gasteiger partial charge in [-0.3, -0.25) is 9.69 Å². The first-order valence-corrected chi connectivity index (χ1v) is 11.4. The van der Waals surface area contributed by atoms with E-state index in [-0.39, 0.29) is 5.78 Å². The Hall–Kier alpha value is -2.61. The molecular weight excluding hydrogens is 406 g/mol. The van der Waals surface area contributed by atoms with Gasteiger partial charge in [-0.25, -0.2) is 0 Å². The van der Waals surface area contributed by atoms with E-state index in [4.69, 9.17) is 16.9 Å². The van der Waals surface area contributed by atoms with E-state index in [1.54, 1.807) is 0 Å². The van der Waals surface area contributed by atoms with E-state index in [1.165, 1.54) is 0 Å². The van der Waals surface area contributed by atoms with Crippen LogP contribution in [0.25, 0.3) is 16.6 Å². The zero-order chi connectivity index (χ0) is 22.1. The van der Waals surface area contributed by atoms with Gasteiger partial charge >= 0.3 is 0 Å². The van der Waals surface area contributed by atoms with Crippen LogP contribution in [0.15, 0.2) is 42.5 Å². The van der Waals surface area contributed by atoms with Crippen LogP contribution in [0.1, 0.15) is 54.7 Å². The molecule has 0 aliphatic carbocycles. The Labute approximate surface area is 189 Å². The van der Waals surface area contributed by atoms with Crippen molar-refractivity contribution in [1.29, 1.82) is 5.26 Å². The van der Waals surface area contributed by atoms with E-state index in [0.29, 0.717) is 30.1 Å². The van der Waals surface area contributed by atoms with Crippen LogP contribution in [0, 0.1) is 18.3 Å². The highest BCUT2D eigenvalue weighted by Crippen LogP contribution is 2.33. The number of hydrogen-bond donors (Lipinski definition) is 0. The summed E-state index contributed by atoms with van der Waals surface area (Å²) >= 11 is 6.11. The summed E-state index contributed by atoms with van der Waals surface area (Å²) in [5, 5.41) is 10.8. The second kappa shape index (κ2) is 8.86. The van der Waals surface area contributed by atoms with E-state index in [1.807, 2.05) is 49.4 Å². The number of benzene rings is 2. The van der Waals surface area contributed by atoms with E-state index >= 15 is 0 Å². The quantitative estimate of drug-likeness (QED) is 0.441. The topological polar surface area (TPSA) is 49.0 Å². The van der Waals surface area contributed by atoms with Gasteiger partial charge < -0.3 is 4.57 Å². The third kappa shape index (κ3) is 4.01. The van der Waals surface area contributed by atoms with Crippen molar-refractivity contribution in [2.75, 3.05) is 6.54 Å². The average Bonchev–Trinajstić information content (AvgIpc) is 3.25. The van der Waals surface area contributed by atoms with Crippen LogP contribution in [0.4, 0.5) is 0 Å². The van der Waals surface area contributed by atoms with Crippen LogP contribution < -0.4 is 0 Å². The predicted molar refractivity (Wildman–Crippen MR) is 126 cm³/mol. The molecule has 0 spiro atoms. The van der Waals surface area contributed by atoms with Crippen LogP contribution in [0.3, 0.4) is 0 Å². The molecule has 31 heavy (non-hydrogen) atoms. The number of carbonyl (C=O) groups excluding carboxylic acids is 1. The number of nitriles is 1. The van der Waals surface area contributed by atoms with E-state index in [0.717, 1.165) is 52.7 Å². The number of fused-ring (bicyclic) bond motifs is 1. The molecular formula is C26H28ClN3O. The van der Waals surface area contributed by atoms with Crippen LogP contribution >= 0.6 is 11.6 Å². The first-order valence-electron chi connectivity index (χ1n) is 11.0. The molecule has 3 aromatic rings. The Bertz CT molecular complexity index is 1160. The molecule has 0 radical (unpaired) electrons. The third-order valence-corrected chi connectivity index (χ3v) is 6.92. The maximum absolute atomic E-state index is 13.6. The molecule has 2 heterocycles. The van der Waals surface area contributed by atoms with Gasteiger partial charge in [0.2, 0.25) is 0 Å². The largest absolute Gasteiger partial charge is 0.313 e. The maximum Gasteiger partial charge on any atom is 0.179 e. The lowest BCUT2D eigenvalue weighted by atomic mass is 10.0. The van der Waals surface area contributed by atoms with Gasteiger partial charge in [0.15, 0.2) is 5.78 Å². The van der Waals surface area contributed by atoms with Crippen LogP contribution in [-0.4, -0.2) is 33.9 Å². The van der Waals surface area contributed by atoms with Crippen molar-refractivity contribution in [2.24, 2.45) is 0 Å². The molecule has 160 valence electrons. The number of carbonyl (C=O) groups is 1. The molecule has 1 saturated heterocycles. The predicted octanol–water partition coefficient (Wildman–Crippen LogP) is 6.10. The zero-order valence-electron chi connectivity index (χ0n) is 18.4. The molecule has 0 N–H and O–H groups in total. The van der Waals surface area contributed by atoms with Crippen molar-refractivity contribution >= 4 is 28.3 Å². The number of nitrogens with zero attached hydrogens (tertiary/aromatic N) is 3. The normalized spacial score (nSPS) is 19.1. The molecule has 1 aliphatic rings. The highest BCUT2D eigenvalue weighted by molar-refractivity contribution is 6.30. The van der Waals surface area contributed by atoms with Gasteiger partial charge in [0.1, 0.15) is 0 Å². The number of likely N-dealkylation sites (tertiary alicyclic amines) is 1. The SMILES string of the molecule is CCC1CCC(C)N1CC(=O)c1c(C)n(-c2ccc(Cl)cc2)c2cc(CC#N)ccc12. The first-order chi connectivity index (χ1) is 14.9. The average molecular weight is 434 g/mol. The second-order valence-corrected chi connectivity index (χ2v) is 8.98. The zero-order valence-corrected chi connectivity index (χ0v) is 19.1. The van der Waals surface area contributed by atoms with Crippen molar-refractivity contribution in [3.8, 4) is 11.8 Å². The molecule has 4 nitrogen and oxygen atoms in total. The number of rotatable bonds is 6. The second-order valence-electron chi connectivity index (χ2n) is 8.54. The fourth-order valence-corrected chi connectivity index (χ4v) is 5.16. The van der Waals surface area contributed by atoms with Gasteiger partial charge in [0.25, 0.3) is 0 Å². The van der Waals surface area contributed by atoms with Gasteiger partial charge in [-0.15, -0.1) is 0 Å². The van der Waals surface area contributed by atoms with Crippen molar-refractivity contribution in [2.45, 2.75) is 58.5 Å². The number of ketones is 1. The molecule has 0 bridgehead atoms. The minimum atomic E-state index is 0.162. The number of Topliss-reactive ketones (excluding diaryl/α,β-unsaturated/α-hetero) is 1. The summed E-state index contributed by atoms with van der Waals surface area (Å²) in [5.41, 5.74) is 4.57. The minimum absolute atomic E-state index is 0.162. The third-order valence-electron chi connectivity index (χ3n) is 6.67. The van der Waals surface area contributed by atoms with Gasteiger partial charge in [-0.2, -0.15) is 5.26 Å². The fourth-order valence-electron chi connectivity index (χ4n) is 5.03. The Morgan fingerprint density at radius 2 is 1.94 bits per heavy atom. The molecule has 4 rings (SSSR count). The van der Waals surface area contributed by atoms with Crippen LogP contribution in [0.5, 0.6) is 0 Å². The molecule has 1 aliphatic heterocycles. The highest BCUT2D eigenvalue weighted by atomic mass is 35.5. The Morgan fingerprint density at radius 1 is 1.19 bits per heavy atom.